The Labute approximate surface area is 221 Å². The molecule has 2 heterocycles. The van der Waals surface area contributed by atoms with Crippen molar-refractivity contribution in [3.8, 4) is 5.75 Å². The highest BCUT2D eigenvalue weighted by Crippen LogP contribution is 2.30. The monoisotopic (exact) mass is 522 g/mol. The van der Waals surface area contributed by atoms with Gasteiger partial charge in [0.05, 0.1) is 13.5 Å². The van der Waals surface area contributed by atoms with E-state index in [0.717, 1.165) is 34.2 Å². The number of carbonyl (C=O) groups is 2. The predicted molar refractivity (Wildman–Crippen MR) is 148 cm³/mol. The van der Waals surface area contributed by atoms with Gasteiger partial charge in [0.1, 0.15) is 17.1 Å². The van der Waals surface area contributed by atoms with Gasteiger partial charge in [-0.1, -0.05) is 44.6 Å². The van der Waals surface area contributed by atoms with Gasteiger partial charge in [-0.05, 0) is 67.3 Å². The molecule has 0 spiro atoms. The van der Waals surface area contributed by atoms with E-state index in [1.165, 1.54) is 18.7 Å². The third-order valence-corrected chi connectivity index (χ3v) is 7.31. The number of thiophene rings is 1. The second-order valence-electron chi connectivity index (χ2n) is 9.21. The van der Waals surface area contributed by atoms with E-state index in [0.29, 0.717) is 24.2 Å². The predicted octanol–water partition coefficient (Wildman–Crippen LogP) is 7.19. The van der Waals surface area contributed by atoms with Crippen LogP contribution in [0.5, 0.6) is 5.75 Å². The van der Waals surface area contributed by atoms with Crippen LogP contribution in [0.3, 0.4) is 0 Å². The van der Waals surface area contributed by atoms with Gasteiger partial charge in [0.2, 0.25) is 0 Å². The normalized spacial score (nSPS) is 12.8. The van der Waals surface area contributed by atoms with Gasteiger partial charge in [-0.3, -0.25) is 9.59 Å². The summed E-state index contributed by atoms with van der Waals surface area (Å²) in [7, 11) is 1.34. The maximum Gasteiger partial charge on any atom is 0.351 e. The van der Waals surface area contributed by atoms with Crippen LogP contribution in [0.4, 0.5) is 0 Å². The standard InChI is InChI=1S/C30H34O6S/c1-5-6-11-21-13-14-26-22(16-21)17-23(37-26)15-20(3)29(33)28-24(31)18-25(36-30(28)34)19(2)10-8-7-9-12-27(32)35-4/h7,9,13-19,31H,5-6,8,10-12H2,1-4H3. The number of rotatable bonds is 12. The van der Waals surface area contributed by atoms with Crippen molar-refractivity contribution >= 4 is 39.3 Å². The molecular weight excluding hydrogens is 488 g/mol. The Morgan fingerprint density at radius 2 is 1.97 bits per heavy atom. The molecule has 196 valence electrons. The van der Waals surface area contributed by atoms with Gasteiger partial charge in [-0.2, -0.15) is 0 Å². The highest BCUT2D eigenvalue weighted by molar-refractivity contribution is 7.19. The van der Waals surface area contributed by atoms with Crippen molar-refractivity contribution < 1.29 is 23.8 Å². The Hall–Kier alpha value is -3.45. The number of allylic oxidation sites excluding steroid dienone is 2. The molecule has 0 bridgehead atoms. The molecule has 0 amide bonds. The Morgan fingerprint density at radius 3 is 2.68 bits per heavy atom. The number of carbonyl (C=O) groups excluding carboxylic acids is 2. The van der Waals surface area contributed by atoms with Crippen LogP contribution < -0.4 is 5.63 Å². The highest BCUT2D eigenvalue weighted by atomic mass is 32.1. The van der Waals surface area contributed by atoms with Gasteiger partial charge in [-0.25, -0.2) is 4.79 Å². The molecular formula is C30H34O6S. The Kier molecular flexibility index (Phi) is 10.0. The van der Waals surface area contributed by atoms with Gasteiger partial charge in [0.25, 0.3) is 0 Å². The Bertz CT molecular complexity index is 1370. The van der Waals surface area contributed by atoms with Crippen LogP contribution in [0, 0.1) is 0 Å². The fourth-order valence-electron chi connectivity index (χ4n) is 4.02. The van der Waals surface area contributed by atoms with E-state index in [9.17, 15) is 19.5 Å². The SMILES string of the molecule is CCCCc1ccc2sc(C=C(C)C(=O)c3c(O)cc(C(C)CCC=CCC(=O)OC)oc3=O)cc2c1. The number of hydrogen-bond acceptors (Lipinski definition) is 7. The van der Waals surface area contributed by atoms with E-state index in [4.69, 9.17) is 4.42 Å². The summed E-state index contributed by atoms with van der Waals surface area (Å²) in [5.41, 5.74) is 0.435. The molecule has 2 aromatic heterocycles. The van der Waals surface area contributed by atoms with Crippen molar-refractivity contribution in [3.63, 3.8) is 0 Å². The molecule has 1 aromatic carbocycles. The van der Waals surface area contributed by atoms with E-state index in [1.54, 1.807) is 30.4 Å². The zero-order chi connectivity index (χ0) is 26.9. The molecule has 0 saturated heterocycles. The van der Waals surface area contributed by atoms with E-state index in [-0.39, 0.29) is 29.6 Å². The third kappa shape index (κ3) is 7.52. The lowest BCUT2D eigenvalue weighted by atomic mass is 9.99. The largest absolute Gasteiger partial charge is 0.507 e. The maximum atomic E-state index is 13.1. The topological polar surface area (TPSA) is 93.8 Å². The van der Waals surface area contributed by atoms with Crippen molar-refractivity contribution in [2.75, 3.05) is 7.11 Å². The molecule has 0 fully saturated rings. The van der Waals surface area contributed by atoms with Gasteiger partial charge in [0.15, 0.2) is 5.78 Å². The second kappa shape index (κ2) is 13.2. The minimum Gasteiger partial charge on any atom is -0.507 e. The molecule has 1 N–H and O–H groups in total. The Morgan fingerprint density at radius 1 is 1.19 bits per heavy atom. The minimum atomic E-state index is -0.849. The number of benzene rings is 1. The first kappa shape index (κ1) is 28.1. The average Bonchev–Trinajstić information content (AvgIpc) is 3.27. The second-order valence-corrected chi connectivity index (χ2v) is 10.3. The van der Waals surface area contributed by atoms with Gasteiger partial charge in [-0.15, -0.1) is 11.3 Å². The van der Waals surface area contributed by atoms with Crippen LogP contribution in [0.15, 0.2) is 57.3 Å². The molecule has 3 rings (SSSR count). The van der Waals surface area contributed by atoms with Crippen LogP contribution in [-0.2, 0) is 16.0 Å². The quantitative estimate of drug-likeness (QED) is 0.117. The number of fused-ring (bicyclic) bond motifs is 1. The fraction of sp³-hybridized carbons (Fsp3) is 0.367. The summed E-state index contributed by atoms with van der Waals surface area (Å²) < 4.78 is 11.1. The summed E-state index contributed by atoms with van der Waals surface area (Å²) in [5.74, 6) is -1.10. The van der Waals surface area contributed by atoms with Crippen LogP contribution in [0.25, 0.3) is 16.2 Å². The highest BCUT2D eigenvalue weighted by Gasteiger charge is 2.22. The van der Waals surface area contributed by atoms with Crippen molar-refractivity contribution in [1.29, 1.82) is 0 Å². The lowest BCUT2D eigenvalue weighted by molar-refractivity contribution is -0.139. The molecule has 37 heavy (non-hydrogen) atoms. The van der Waals surface area contributed by atoms with Crippen molar-refractivity contribution in [2.45, 2.75) is 65.2 Å². The smallest absolute Gasteiger partial charge is 0.351 e. The number of hydrogen-bond donors (Lipinski definition) is 1. The number of unbranched alkanes of at least 4 members (excludes halogenated alkanes) is 1. The zero-order valence-corrected chi connectivity index (χ0v) is 22.7. The zero-order valence-electron chi connectivity index (χ0n) is 21.8. The lowest BCUT2D eigenvalue weighted by Crippen LogP contribution is -2.16. The van der Waals surface area contributed by atoms with Crippen molar-refractivity contribution in [1.82, 2.24) is 0 Å². The van der Waals surface area contributed by atoms with Crippen LogP contribution in [-0.4, -0.2) is 24.0 Å². The van der Waals surface area contributed by atoms with Gasteiger partial charge < -0.3 is 14.3 Å². The van der Waals surface area contributed by atoms with Crippen LogP contribution in [0.2, 0.25) is 0 Å². The molecule has 0 aliphatic heterocycles. The molecule has 0 aliphatic carbocycles. The van der Waals surface area contributed by atoms with E-state index in [1.807, 2.05) is 19.1 Å². The summed E-state index contributed by atoms with van der Waals surface area (Å²) in [6.07, 6.45) is 10.2. The number of methoxy groups -OCH3 is 1. The van der Waals surface area contributed by atoms with Crippen LogP contribution in [0.1, 0.15) is 85.4 Å². The first-order valence-corrected chi connectivity index (χ1v) is 13.4. The number of esters is 1. The minimum absolute atomic E-state index is 0.164. The molecule has 3 aromatic rings. The molecule has 0 saturated carbocycles. The summed E-state index contributed by atoms with van der Waals surface area (Å²) in [6, 6.07) is 9.82. The molecule has 6 nitrogen and oxygen atoms in total. The summed E-state index contributed by atoms with van der Waals surface area (Å²) in [6.45, 7) is 5.68. The maximum absolute atomic E-state index is 13.1. The first-order chi connectivity index (χ1) is 17.7. The molecule has 0 radical (unpaired) electrons. The lowest BCUT2D eigenvalue weighted by Gasteiger charge is -2.11. The van der Waals surface area contributed by atoms with Gasteiger partial charge in [0, 0.05) is 21.6 Å². The van der Waals surface area contributed by atoms with Crippen molar-refractivity contribution in [2.24, 2.45) is 0 Å². The van der Waals surface area contributed by atoms with Crippen molar-refractivity contribution in [3.05, 3.63) is 80.2 Å². The number of Topliss-reactive ketones (excluding diaryl/α,β-unsaturated/α-hetero) is 1. The van der Waals surface area contributed by atoms with Gasteiger partial charge >= 0.3 is 11.6 Å². The van der Waals surface area contributed by atoms with E-state index in [2.05, 4.69) is 29.9 Å². The Balaban J connectivity index is 1.72. The molecule has 0 aliphatic rings. The summed E-state index contributed by atoms with van der Waals surface area (Å²) in [5, 5.41) is 11.7. The number of aryl methyl sites for hydroxylation is 1. The van der Waals surface area contributed by atoms with Crippen LogP contribution >= 0.6 is 11.3 Å². The first-order valence-electron chi connectivity index (χ1n) is 12.6. The number of ketones is 1. The average molecular weight is 523 g/mol. The molecule has 1 unspecified atom stereocenters. The number of ether oxygens (including phenoxy) is 1. The summed E-state index contributed by atoms with van der Waals surface area (Å²) in [4.78, 5) is 37.8. The van der Waals surface area contributed by atoms with E-state index < -0.39 is 11.4 Å². The van der Waals surface area contributed by atoms with E-state index >= 15 is 0 Å². The number of aromatic hydroxyl groups is 1. The molecule has 1 atom stereocenters. The summed E-state index contributed by atoms with van der Waals surface area (Å²) >= 11 is 1.58. The third-order valence-electron chi connectivity index (χ3n) is 6.24. The fourth-order valence-corrected chi connectivity index (χ4v) is 5.06. The molecule has 7 heteroatoms.